The first kappa shape index (κ1) is 5.79. The molecule has 0 bridgehead atoms. The van der Waals surface area contributed by atoms with E-state index in [0.29, 0.717) is 0 Å². The lowest BCUT2D eigenvalue weighted by atomic mass is 10.3. The second kappa shape index (κ2) is 2.84. The maximum Gasteiger partial charge on any atom is 0.0175 e. The molecule has 1 fully saturated rings. The van der Waals surface area contributed by atoms with Crippen LogP contribution in [0.15, 0.2) is 12.2 Å². The minimum absolute atomic E-state index is 0.979. The van der Waals surface area contributed by atoms with Gasteiger partial charge in [0.15, 0.2) is 0 Å². The lowest BCUT2D eigenvalue weighted by Gasteiger charge is -1.96. The molecular weight excluding hydrogens is 100 g/mol. The van der Waals surface area contributed by atoms with Crippen molar-refractivity contribution in [2.24, 2.45) is 0 Å². The summed E-state index contributed by atoms with van der Waals surface area (Å²) in [5, 5.41) is 6.47. The van der Waals surface area contributed by atoms with E-state index in [1.807, 2.05) is 0 Å². The van der Waals surface area contributed by atoms with Crippen LogP contribution in [0.25, 0.3) is 0 Å². The fourth-order valence-electron chi connectivity index (χ4n) is 0.770. The van der Waals surface area contributed by atoms with E-state index in [1.165, 1.54) is 5.57 Å². The Morgan fingerprint density at radius 1 is 1.12 bits per heavy atom. The highest BCUT2D eigenvalue weighted by Gasteiger charge is 1.97. The highest BCUT2D eigenvalue weighted by atomic mass is 15.0. The Labute approximate surface area is 50.0 Å². The van der Waals surface area contributed by atoms with Crippen LogP contribution in [0.3, 0.4) is 0 Å². The van der Waals surface area contributed by atoms with Gasteiger partial charge in [0.1, 0.15) is 0 Å². The van der Waals surface area contributed by atoms with Gasteiger partial charge in [0.05, 0.1) is 0 Å². The van der Waals surface area contributed by atoms with Crippen LogP contribution in [0.2, 0.25) is 0 Å². The average molecular weight is 112 g/mol. The van der Waals surface area contributed by atoms with Crippen molar-refractivity contribution < 1.29 is 0 Å². The van der Waals surface area contributed by atoms with Crippen LogP contribution in [0.1, 0.15) is 0 Å². The Bertz CT molecular complexity index is 78.5. The van der Waals surface area contributed by atoms with Crippen molar-refractivity contribution in [3.63, 3.8) is 0 Å². The summed E-state index contributed by atoms with van der Waals surface area (Å²) in [6.07, 6.45) is 0. The van der Waals surface area contributed by atoms with Crippen molar-refractivity contribution >= 4 is 0 Å². The molecule has 0 aliphatic carbocycles. The second-order valence-corrected chi connectivity index (χ2v) is 2.10. The van der Waals surface area contributed by atoms with Gasteiger partial charge in [-0.05, 0) is 5.57 Å². The Kier molecular flexibility index (Phi) is 2.06. The normalized spacial score (nSPS) is 22.8. The quantitative estimate of drug-likeness (QED) is 0.422. The molecule has 0 radical (unpaired) electrons. The predicted octanol–water partition coefficient (Wildman–Crippen LogP) is -0.265. The first-order valence-electron chi connectivity index (χ1n) is 2.97. The van der Waals surface area contributed by atoms with Crippen LogP contribution in [-0.2, 0) is 0 Å². The van der Waals surface area contributed by atoms with E-state index in [4.69, 9.17) is 0 Å². The molecule has 0 atom stereocenters. The van der Waals surface area contributed by atoms with Crippen LogP contribution in [0.5, 0.6) is 0 Å². The van der Waals surface area contributed by atoms with Gasteiger partial charge in [0, 0.05) is 26.2 Å². The Hall–Kier alpha value is -0.340. The fourth-order valence-corrected chi connectivity index (χ4v) is 0.770. The third kappa shape index (κ3) is 1.64. The largest absolute Gasteiger partial charge is 0.312 e. The lowest BCUT2D eigenvalue weighted by molar-refractivity contribution is 0.718. The van der Waals surface area contributed by atoms with E-state index >= 15 is 0 Å². The number of rotatable bonds is 0. The van der Waals surface area contributed by atoms with Gasteiger partial charge in [0.25, 0.3) is 0 Å². The summed E-state index contributed by atoms with van der Waals surface area (Å²) in [6, 6.07) is 0. The molecule has 2 heteroatoms. The molecule has 0 amide bonds. The molecule has 0 unspecified atom stereocenters. The van der Waals surface area contributed by atoms with E-state index in [-0.39, 0.29) is 0 Å². The molecule has 8 heavy (non-hydrogen) atoms. The second-order valence-electron chi connectivity index (χ2n) is 2.10. The molecule has 0 aromatic carbocycles. The highest BCUT2D eigenvalue weighted by molar-refractivity contribution is 5.00. The molecule has 1 aliphatic heterocycles. The van der Waals surface area contributed by atoms with E-state index in [2.05, 4.69) is 17.2 Å². The van der Waals surface area contributed by atoms with Crippen LogP contribution >= 0.6 is 0 Å². The maximum atomic E-state index is 3.85. The van der Waals surface area contributed by atoms with Gasteiger partial charge in [-0.2, -0.15) is 0 Å². The molecule has 1 heterocycles. The van der Waals surface area contributed by atoms with Gasteiger partial charge in [-0.3, -0.25) is 0 Å². The molecule has 1 rings (SSSR count). The Balaban J connectivity index is 2.27. The molecule has 2 N–H and O–H groups in total. The predicted molar refractivity (Wildman–Crippen MR) is 34.9 cm³/mol. The molecular formula is C6H12N2. The van der Waals surface area contributed by atoms with E-state index in [9.17, 15) is 0 Å². The van der Waals surface area contributed by atoms with E-state index < -0.39 is 0 Å². The molecule has 0 spiro atoms. The zero-order valence-electron chi connectivity index (χ0n) is 5.04. The molecule has 0 aromatic heterocycles. The summed E-state index contributed by atoms with van der Waals surface area (Å²) in [5.41, 5.74) is 1.25. The third-order valence-electron chi connectivity index (χ3n) is 1.23. The third-order valence-corrected chi connectivity index (χ3v) is 1.23. The van der Waals surface area contributed by atoms with Crippen molar-refractivity contribution in [2.75, 3.05) is 26.2 Å². The maximum absolute atomic E-state index is 3.85. The van der Waals surface area contributed by atoms with Gasteiger partial charge in [-0.15, -0.1) is 0 Å². The molecule has 0 saturated carbocycles. The summed E-state index contributed by atoms with van der Waals surface area (Å²) in [5.74, 6) is 0. The van der Waals surface area contributed by atoms with E-state index in [1.54, 1.807) is 0 Å². The fraction of sp³-hybridized carbons (Fsp3) is 0.667. The number of nitrogens with one attached hydrogen (secondary N) is 2. The topological polar surface area (TPSA) is 24.1 Å². The van der Waals surface area contributed by atoms with Crippen LogP contribution < -0.4 is 10.6 Å². The van der Waals surface area contributed by atoms with Crippen LogP contribution in [-0.4, -0.2) is 26.2 Å². The lowest BCUT2D eigenvalue weighted by Crippen LogP contribution is -2.21. The summed E-state index contributed by atoms with van der Waals surface area (Å²) in [4.78, 5) is 0. The van der Waals surface area contributed by atoms with Crippen molar-refractivity contribution in [1.29, 1.82) is 0 Å². The minimum Gasteiger partial charge on any atom is -0.312 e. The zero-order valence-corrected chi connectivity index (χ0v) is 5.04. The summed E-state index contributed by atoms with van der Waals surface area (Å²) < 4.78 is 0. The summed E-state index contributed by atoms with van der Waals surface area (Å²) in [7, 11) is 0. The smallest absolute Gasteiger partial charge is 0.0175 e. The zero-order chi connectivity index (χ0) is 5.82. The first-order valence-corrected chi connectivity index (χ1v) is 2.97. The molecule has 46 valence electrons. The Morgan fingerprint density at radius 2 is 1.62 bits per heavy atom. The molecule has 1 saturated heterocycles. The average Bonchev–Trinajstić information content (AvgIpc) is 1.94. The summed E-state index contributed by atoms with van der Waals surface area (Å²) >= 11 is 0. The van der Waals surface area contributed by atoms with Gasteiger partial charge < -0.3 is 10.6 Å². The summed E-state index contributed by atoms with van der Waals surface area (Å²) in [6.45, 7) is 7.94. The Morgan fingerprint density at radius 3 is 2.12 bits per heavy atom. The SMILES string of the molecule is C=C1CNCCNC1. The van der Waals surface area contributed by atoms with Gasteiger partial charge in [0.2, 0.25) is 0 Å². The molecule has 2 nitrogen and oxygen atoms in total. The van der Waals surface area contributed by atoms with Crippen LogP contribution in [0, 0.1) is 0 Å². The van der Waals surface area contributed by atoms with Crippen molar-refractivity contribution in [3.05, 3.63) is 12.2 Å². The standard InChI is InChI=1S/C6H12N2/c1-6-4-7-2-3-8-5-6/h7-8H,1-5H2. The van der Waals surface area contributed by atoms with Crippen LogP contribution in [0.4, 0.5) is 0 Å². The number of hydrogen-bond donors (Lipinski definition) is 2. The van der Waals surface area contributed by atoms with E-state index in [0.717, 1.165) is 26.2 Å². The van der Waals surface area contributed by atoms with Crippen molar-refractivity contribution in [1.82, 2.24) is 10.6 Å². The van der Waals surface area contributed by atoms with Gasteiger partial charge in [-0.1, -0.05) is 6.58 Å². The van der Waals surface area contributed by atoms with Gasteiger partial charge in [-0.25, -0.2) is 0 Å². The number of hydrogen-bond acceptors (Lipinski definition) is 2. The minimum atomic E-state index is 0.979. The molecule has 0 aromatic rings. The first-order chi connectivity index (χ1) is 3.89. The van der Waals surface area contributed by atoms with Gasteiger partial charge >= 0.3 is 0 Å². The van der Waals surface area contributed by atoms with Crippen molar-refractivity contribution in [2.45, 2.75) is 0 Å². The monoisotopic (exact) mass is 112 g/mol. The molecule has 1 aliphatic rings. The van der Waals surface area contributed by atoms with Crippen molar-refractivity contribution in [3.8, 4) is 0 Å². The highest BCUT2D eigenvalue weighted by Crippen LogP contribution is 1.85.